The number of ether oxygens (including phenoxy) is 2. The molecule has 2 fully saturated rings. The van der Waals surface area contributed by atoms with Gasteiger partial charge in [0.05, 0.1) is 24.2 Å². The number of hydrogen-bond donors (Lipinski definition) is 3. The number of halogens is 1. The predicted octanol–water partition coefficient (Wildman–Crippen LogP) is 4.80. The van der Waals surface area contributed by atoms with E-state index in [9.17, 15) is 23.4 Å². The Kier molecular flexibility index (Phi) is 11.2. The lowest BCUT2D eigenvalue weighted by Gasteiger charge is -2.55. The van der Waals surface area contributed by atoms with Crippen LogP contribution in [0.15, 0.2) is 48.6 Å². The summed E-state index contributed by atoms with van der Waals surface area (Å²) >= 11 is 6.37. The van der Waals surface area contributed by atoms with Gasteiger partial charge in [-0.25, -0.2) is 13.1 Å². The molecule has 3 N–H and O–H groups in total. The van der Waals surface area contributed by atoms with Crippen molar-refractivity contribution in [2.45, 2.75) is 69.8 Å². The highest BCUT2D eigenvalue weighted by Crippen LogP contribution is 2.47. The first-order chi connectivity index (χ1) is 23.9. The van der Waals surface area contributed by atoms with Crippen molar-refractivity contribution < 1.29 is 32.9 Å². The smallest absolute Gasteiger partial charge is 0.264 e. The van der Waals surface area contributed by atoms with Crippen LogP contribution in [0.4, 0.5) is 5.69 Å². The van der Waals surface area contributed by atoms with E-state index in [0.29, 0.717) is 50.0 Å². The molecule has 10 nitrogen and oxygen atoms in total. The Hall–Kier alpha value is -2.67. The number of amides is 1. The molecular weight excluding hydrogens is 678 g/mol. The van der Waals surface area contributed by atoms with Crippen LogP contribution in [0, 0.1) is 23.2 Å². The number of nitrogens with one attached hydrogen (secondary N) is 1. The van der Waals surface area contributed by atoms with Crippen molar-refractivity contribution in [3.05, 3.63) is 70.3 Å². The number of carbonyl (C=O) groups is 1. The highest BCUT2D eigenvalue weighted by molar-refractivity contribution is 7.90. The third kappa shape index (κ3) is 7.59. The van der Waals surface area contributed by atoms with Crippen molar-refractivity contribution in [3.8, 4) is 5.75 Å². The fourth-order valence-electron chi connectivity index (χ4n) is 8.25. The highest BCUT2D eigenvalue weighted by Gasteiger charge is 2.51. The number of anilines is 1. The Labute approximate surface area is 301 Å². The van der Waals surface area contributed by atoms with Gasteiger partial charge in [-0.2, -0.15) is 0 Å². The molecule has 2 aromatic rings. The van der Waals surface area contributed by atoms with E-state index in [0.717, 1.165) is 55.5 Å². The van der Waals surface area contributed by atoms with E-state index < -0.39 is 32.2 Å². The number of hydrogen-bond acceptors (Lipinski definition) is 9. The zero-order chi connectivity index (χ0) is 35.7. The summed E-state index contributed by atoms with van der Waals surface area (Å²) < 4.78 is 42.3. The van der Waals surface area contributed by atoms with E-state index in [1.165, 1.54) is 0 Å². The van der Waals surface area contributed by atoms with Crippen molar-refractivity contribution in [3.63, 3.8) is 0 Å². The van der Waals surface area contributed by atoms with Crippen LogP contribution in [0.25, 0.3) is 0 Å². The maximum absolute atomic E-state index is 13.5. The lowest BCUT2D eigenvalue weighted by molar-refractivity contribution is -0.137. The van der Waals surface area contributed by atoms with Crippen LogP contribution in [-0.4, -0.2) is 93.3 Å². The molecule has 50 heavy (non-hydrogen) atoms. The standard InChI is InChI=1S/C38H52ClN3O7S/c1-26-7-6-15-38(48-3,23-41-21-37(22-41,24-43)25-44)33-13-10-30(33)19-42-16-5-4-8-28-17-32(39)12-9-31(28)20-49-35-14-11-29(18-34(35)42)36(45)40-50(46,47)27(26)2/h6,9,11-12,14-15,17-18,26-27,30,33,43-44H,4-5,7-8,10,13,16,19-25H2,1-3H3,(H,40,45)/b15-6+/t26-,27+,30-,33+,38+/m0/s1. The summed E-state index contributed by atoms with van der Waals surface area (Å²) in [6.07, 6.45) is 9.36. The fourth-order valence-corrected chi connectivity index (χ4v) is 9.73. The van der Waals surface area contributed by atoms with Gasteiger partial charge in [0.2, 0.25) is 10.0 Å². The molecule has 1 aliphatic carbocycles. The van der Waals surface area contributed by atoms with Gasteiger partial charge in [0.15, 0.2) is 0 Å². The van der Waals surface area contributed by atoms with E-state index >= 15 is 0 Å². The Morgan fingerprint density at radius 1 is 1.06 bits per heavy atom. The lowest BCUT2D eigenvalue weighted by Crippen LogP contribution is -2.65. The first-order valence-corrected chi connectivity index (χ1v) is 19.9. The maximum atomic E-state index is 13.5. The van der Waals surface area contributed by atoms with Crippen molar-refractivity contribution in [1.82, 2.24) is 9.62 Å². The lowest BCUT2D eigenvalue weighted by atomic mass is 9.63. The van der Waals surface area contributed by atoms with Crippen LogP contribution >= 0.6 is 11.6 Å². The van der Waals surface area contributed by atoms with E-state index in [2.05, 4.69) is 20.6 Å². The van der Waals surface area contributed by atoms with Crippen LogP contribution in [0.2, 0.25) is 5.02 Å². The number of methoxy groups -OCH3 is 1. The molecule has 6 rings (SSSR count). The minimum absolute atomic E-state index is 0.0706. The third-order valence-electron chi connectivity index (χ3n) is 11.8. The number of rotatable bonds is 5. The topological polar surface area (TPSA) is 129 Å². The van der Waals surface area contributed by atoms with E-state index in [4.69, 9.17) is 21.1 Å². The Morgan fingerprint density at radius 3 is 2.54 bits per heavy atom. The summed E-state index contributed by atoms with van der Waals surface area (Å²) in [5.41, 5.74) is 2.10. The molecule has 5 atom stereocenters. The molecule has 0 aromatic heterocycles. The van der Waals surface area contributed by atoms with Gasteiger partial charge >= 0.3 is 0 Å². The summed E-state index contributed by atoms with van der Waals surface area (Å²) in [5.74, 6) is 0.156. The van der Waals surface area contributed by atoms with Crippen LogP contribution in [0.5, 0.6) is 5.75 Å². The SMILES string of the molecule is CO[C@@]1(CN2CC(CO)(CO)C2)/C=C/C[C@H](C)[C@@H](C)S(=O)(=O)NC(=O)c2ccc3c(c2)N(CCCCc2cc(Cl)ccc2CO3)C[C@@H]2CC[C@H]21. The first-order valence-electron chi connectivity index (χ1n) is 17.9. The molecule has 274 valence electrons. The third-order valence-corrected chi connectivity index (χ3v) is 14.0. The second-order valence-electron chi connectivity index (χ2n) is 15.1. The molecular formula is C38H52ClN3O7S. The van der Waals surface area contributed by atoms with Gasteiger partial charge in [0.25, 0.3) is 5.91 Å². The van der Waals surface area contributed by atoms with Crippen LogP contribution in [0.3, 0.4) is 0 Å². The van der Waals surface area contributed by atoms with Gasteiger partial charge < -0.3 is 24.6 Å². The molecule has 4 aliphatic rings. The van der Waals surface area contributed by atoms with Gasteiger partial charge in [0, 0.05) is 55.8 Å². The quantitative estimate of drug-likeness (QED) is 0.372. The second-order valence-corrected chi connectivity index (χ2v) is 17.6. The molecule has 3 heterocycles. The zero-order valence-corrected chi connectivity index (χ0v) is 31.0. The number of nitrogens with zero attached hydrogens (tertiary/aromatic N) is 2. The van der Waals surface area contributed by atoms with Crippen molar-refractivity contribution in [2.75, 3.05) is 57.9 Å². The molecule has 12 heteroatoms. The minimum Gasteiger partial charge on any atom is -0.487 e. The summed E-state index contributed by atoms with van der Waals surface area (Å²) in [7, 11) is -2.24. The summed E-state index contributed by atoms with van der Waals surface area (Å²) in [6.45, 7) is 6.93. The molecule has 0 radical (unpaired) electrons. The number of aryl methyl sites for hydroxylation is 1. The fraction of sp³-hybridized carbons (Fsp3) is 0.605. The zero-order valence-electron chi connectivity index (χ0n) is 29.4. The molecule has 0 spiro atoms. The molecule has 3 aliphatic heterocycles. The first kappa shape index (κ1) is 37.1. The van der Waals surface area contributed by atoms with Gasteiger partial charge in [-0.3, -0.25) is 9.69 Å². The van der Waals surface area contributed by atoms with Crippen LogP contribution in [0.1, 0.15) is 67.4 Å². The maximum Gasteiger partial charge on any atom is 0.264 e. The molecule has 0 unspecified atom stereocenters. The Balaban J connectivity index is 1.39. The van der Waals surface area contributed by atoms with Gasteiger partial charge in [0.1, 0.15) is 18.0 Å². The van der Waals surface area contributed by atoms with E-state index in [1.54, 1.807) is 32.2 Å². The summed E-state index contributed by atoms with van der Waals surface area (Å²) in [5, 5.41) is 19.8. The average molecular weight is 730 g/mol. The number of benzene rings is 2. The normalized spacial score (nSPS) is 30.6. The van der Waals surface area contributed by atoms with E-state index in [1.807, 2.05) is 31.2 Å². The van der Waals surface area contributed by atoms with Crippen LogP contribution < -0.4 is 14.4 Å². The summed E-state index contributed by atoms with van der Waals surface area (Å²) in [6, 6.07) is 11.1. The van der Waals surface area contributed by atoms with Crippen molar-refractivity contribution >= 4 is 33.2 Å². The molecule has 1 saturated carbocycles. The monoisotopic (exact) mass is 729 g/mol. The molecule has 2 bridgehead atoms. The van der Waals surface area contributed by atoms with Crippen molar-refractivity contribution in [2.24, 2.45) is 23.2 Å². The predicted molar refractivity (Wildman–Crippen MR) is 195 cm³/mol. The summed E-state index contributed by atoms with van der Waals surface area (Å²) in [4.78, 5) is 18.1. The van der Waals surface area contributed by atoms with Crippen LogP contribution in [-0.2, 0) is 27.8 Å². The highest BCUT2D eigenvalue weighted by atomic mass is 35.5. The van der Waals surface area contributed by atoms with Gasteiger partial charge in [-0.1, -0.05) is 36.7 Å². The number of carbonyl (C=O) groups excluding carboxylic acids is 1. The Morgan fingerprint density at radius 2 is 1.84 bits per heavy atom. The molecule has 1 amide bonds. The largest absolute Gasteiger partial charge is 0.487 e. The van der Waals surface area contributed by atoms with Gasteiger partial charge in [-0.15, -0.1) is 0 Å². The number of aliphatic hydroxyl groups is 2. The Bertz CT molecular complexity index is 1670. The average Bonchev–Trinajstić information content (AvgIpc) is 3.10. The number of fused-ring (bicyclic) bond motifs is 3. The van der Waals surface area contributed by atoms with E-state index in [-0.39, 0.29) is 36.5 Å². The van der Waals surface area contributed by atoms with Crippen molar-refractivity contribution in [1.29, 1.82) is 0 Å². The van der Waals surface area contributed by atoms with Gasteiger partial charge in [-0.05, 0) is 105 Å². The second kappa shape index (κ2) is 15.1. The number of allylic oxidation sites excluding steroid dienone is 1. The number of aliphatic hydroxyl groups excluding tert-OH is 2. The molecule has 1 saturated heterocycles. The number of sulfonamides is 1. The number of likely N-dealkylation sites (tertiary alicyclic amines) is 1. The molecule has 2 aromatic carbocycles. The minimum atomic E-state index is -3.99.